The third kappa shape index (κ3) is 7.91. The van der Waals surface area contributed by atoms with Crippen molar-refractivity contribution in [1.29, 1.82) is 0 Å². The normalized spacial score (nSPS) is 12.0. The molecule has 0 aromatic heterocycles. The minimum absolute atomic E-state index is 0.0206. The van der Waals surface area contributed by atoms with Gasteiger partial charge in [-0.3, -0.25) is 13.9 Å². The van der Waals surface area contributed by atoms with Crippen molar-refractivity contribution in [3.05, 3.63) is 95.8 Å². The number of halogens is 1. The number of nitrogens with zero attached hydrogens (tertiary/aromatic N) is 2. The number of nitrogens with one attached hydrogen (secondary N) is 1. The van der Waals surface area contributed by atoms with Crippen molar-refractivity contribution in [3.8, 4) is 0 Å². The van der Waals surface area contributed by atoms with E-state index < -0.39 is 34.3 Å². The topological polar surface area (TPSA) is 86.8 Å². The molecular formula is C31H38FN3O4S. The number of sulfonamides is 1. The summed E-state index contributed by atoms with van der Waals surface area (Å²) in [4.78, 5) is 28.6. The van der Waals surface area contributed by atoms with E-state index in [2.05, 4.69) is 5.32 Å². The minimum atomic E-state index is -4.12. The average Bonchev–Trinajstić information content (AvgIpc) is 2.97. The summed E-state index contributed by atoms with van der Waals surface area (Å²) in [5.41, 5.74) is 2.00. The molecule has 0 spiro atoms. The van der Waals surface area contributed by atoms with Crippen LogP contribution in [0.15, 0.2) is 83.8 Å². The third-order valence-electron chi connectivity index (χ3n) is 6.72. The maximum atomic E-state index is 14.0. The summed E-state index contributed by atoms with van der Waals surface area (Å²) in [5.74, 6) is -1.27. The van der Waals surface area contributed by atoms with Crippen LogP contribution in [0.2, 0.25) is 0 Å². The SMILES string of the molecule is CCCCNC(=O)[C@@H](CC)N(Cc1ccc(F)cc1)C(=O)CN(c1ccc(CC)cc1)S(=O)(=O)c1ccccc1. The highest BCUT2D eigenvalue weighted by Crippen LogP contribution is 2.25. The molecular weight excluding hydrogens is 529 g/mol. The van der Waals surface area contributed by atoms with Crippen molar-refractivity contribution >= 4 is 27.5 Å². The molecule has 0 heterocycles. The Bertz CT molecular complexity index is 1350. The number of hydrogen-bond donors (Lipinski definition) is 1. The number of carbonyl (C=O) groups is 2. The van der Waals surface area contributed by atoms with Gasteiger partial charge >= 0.3 is 0 Å². The second-order valence-corrected chi connectivity index (χ2v) is 11.4. The van der Waals surface area contributed by atoms with Crippen molar-refractivity contribution in [2.45, 2.75) is 63.9 Å². The highest BCUT2D eigenvalue weighted by atomic mass is 32.2. The molecule has 1 N–H and O–H groups in total. The van der Waals surface area contributed by atoms with Gasteiger partial charge in [-0.25, -0.2) is 12.8 Å². The Labute approximate surface area is 237 Å². The lowest BCUT2D eigenvalue weighted by atomic mass is 10.1. The van der Waals surface area contributed by atoms with Gasteiger partial charge in [-0.05, 0) is 66.8 Å². The molecule has 0 aliphatic rings. The first-order valence-corrected chi connectivity index (χ1v) is 15.1. The molecule has 0 unspecified atom stereocenters. The molecule has 3 aromatic carbocycles. The number of amides is 2. The van der Waals surface area contributed by atoms with Crippen LogP contribution in [0.5, 0.6) is 0 Å². The van der Waals surface area contributed by atoms with E-state index in [1.54, 1.807) is 49.4 Å². The summed E-state index contributed by atoms with van der Waals surface area (Å²) in [7, 11) is -4.12. The lowest BCUT2D eigenvalue weighted by Crippen LogP contribution is -2.52. The van der Waals surface area contributed by atoms with Crippen LogP contribution in [0.4, 0.5) is 10.1 Å². The highest BCUT2D eigenvalue weighted by Gasteiger charge is 2.33. The molecule has 0 radical (unpaired) electrons. The minimum Gasteiger partial charge on any atom is -0.354 e. The lowest BCUT2D eigenvalue weighted by Gasteiger charge is -2.33. The van der Waals surface area contributed by atoms with E-state index in [9.17, 15) is 22.4 Å². The van der Waals surface area contributed by atoms with E-state index in [1.165, 1.54) is 29.2 Å². The smallest absolute Gasteiger partial charge is 0.264 e. The fraction of sp³-hybridized carbons (Fsp3) is 0.355. The van der Waals surface area contributed by atoms with Gasteiger partial charge in [0.25, 0.3) is 10.0 Å². The summed E-state index contributed by atoms with van der Waals surface area (Å²) in [5, 5.41) is 2.89. The third-order valence-corrected chi connectivity index (χ3v) is 8.51. The zero-order chi connectivity index (χ0) is 29.1. The van der Waals surface area contributed by atoms with Gasteiger partial charge in [0, 0.05) is 13.1 Å². The van der Waals surface area contributed by atoms with Gasteiger partial charge in [-0.2, -0.15) is 0 Å². The summed E-state index contributed by atoms with van der Waals surface area (Å²) in [6, 6.07) is 19.8. The fourth-order valence-corrected chi connectivity index (χ4v) is 5.79. The number of rotatable bonds is 14. The van der Waals surface area contributed by atoms with E-state index >= 15 is 0 Å². The first kappa shape index (κ1) is 30.8. The Kier molecular flexibility index (Phi) is 11.3. The molecule has 214 valence electrons. The van der Waals surface area contributed by atoms with Gasteiger partial charge in [0.05, 0.1) is 10.6 Å². The second-order valence-electron chi connectivity index (χ2n) is 9.56. The van der Waals surface area contributed by atoms with Crippen molar-refractivity contribution in [3.63, 3.8) is 0 Å². The van der Waals surface area contributed by atoms with Gasteiger partial charge in [-0.1, -0.05) is 69.7 Å². The van der Waals surface area contributed by atoms with Gasteiger partial charge in [0.15, 0.2) is 0 Å². The molecule has 0 saturated heterocycles. The first-order chi connectivity index (χ1) is 19.2. The van der Waals surface area contributed by atoms with Crippen LogP contribution in [0.25, 0.3) is 0 Å². The van der Waals surface area contributed by atoms with Crippen molar-refractivity contribution in [2.24, 2.45) is 0 Å². The number of carbonyl (C=O) groups excluding carboxylic acids is 2. The average molecular weight is 568 g/mol. The maximum absolute atomic E-state index is 14.0. The number of hydrogen-bond acceptors (Lipinski definition) is 4. The van der Waals surface area contributed by atoms with Crippen LogP contribution in [0, 0.1) is 5.82 Å². The monoisotopic (exact) mass is 567 g/mol. The highest BCUT2D eigenvalue weighted by molar-refractivity contribution is 7.92. The fourth-order valence-electron chi connectivity index (χ4n) is 4.36. The lowest BCUT2D eigenvalue weighted by molar-refractivity contribution is -0.140. The molecule has 3 rings (SSSR count). The van der Waals surface area contributed by atoms with Crippen LogP contribution in [0.1, 0.15) is 51.2 Å². The Morgan fingerprint density at radius 2 is 1.50 bits per heavy atom. The summed E-state index contributed by atoms with van der Waals surface area (Å²) in [6.07, 6.45) is 2.80. The predicted molar refractivity (Wildman–Crippen MR) is 156 cm³/mol. The Morgan fingerprint density at radius 3 is 2.08 bits per heavy atom. The van der Waals surface area contributed by atoms with E-state index in [0.717, 1.165) is 29.1 Å². The first-order valence-electron chi connectivity index (χ1n) is 13.7. The van der Waals surface area contributed by atoms with Gasteiger partial charge in [0.2, 0.25) is 11.8 Å². The number of aryl methyl sites for hydroxylation is 1. The molecule has 1 atom stereocenters. The van der Waals surface area contributed by atoms with Crippen LogP contribution >= 0.6 is 0 Å². The summed E-state index contributed by atoms with van der Waals surface area (Å²) >= 11 is 0. The predicted octanol–water partition coefficient (Wildman–Crippen LogP) is 5.31. The largest absolute Gasteiger partial charge is 0.354 e. The Balaban J connectivity index is 2.02. The van der Waals surface area contributed by atoms with E-state index in [0.29, 0.717) is 24.2 Å². The van der Waals surface area contributed by atoms with E-state index in [-0.39, 0.29) is 17.3 Å². The molecule has 40 heavy (non-hydrogen) atoms. The van der Waals surface area contributed by atoms with Crippen molar-refractivity contribution in [2.75, 3.05) is 17.4 Å². The zero-order valence-electron chi connectivity index (χ0n) is 23.3. The Hall–Kier alpha value is -3.72. The zero-order valence-corrected chi connectivity index (χ0v) is 24.2. The molecule has 9 heteroatoms. The molecule has 0 aliphatic heterocycles. The van der Waals surface area contributed by atoms with Crippen molar-refractivity contribution in [1.82, 2.24) is 10.2 Å². The van der Waals surface area contributed by atoms with Gasteiger partial charge in [-0.15, -0.1) is 0 Å². The molecule has 0 fully saturated rings. The van der Waals surface area contributed by atoms with Crippen LogP contribution in [0.3, 0.4) is 0 Å². The van der Waals surface area contributed by atoms with Crippen molar-refractivity contribution < 1.29 is 22.4 Å². The number of unbranched alkanes of at least 4 members (excludes halogenated alkanes) is 1. The molecule has 0 saturated carbocycles. The molecule has 2 amide bonds. The number of benzene rings is 3. The van der Waals surface area contributed by atoms with Crippen LogP contribution in [-0.4, -0.2) is 44.3 Å². The van der Waals surface area contributed by atoms with E-state index in [4.69, 9.17) is 0 Å². The summed E-state index contributed by atoms with van der Waals surface area (Å²) < 4.78 is 42.3. The molecule has 3 aromatic rings. The quantitative estimate of drug-likeness (QED) is 0.268. The molecule has 7 nitrogen and oxygen atoms in total. The van der Waals surface area contributed by atoms with E-state index in [1.807, 2.05) is 26.0 Å². The second kappa shape index (κ2) is 14.6. The summed E-state index contributed by atoms with van der Waals surface area (Å²) in [6.45, 7) is 5.80. The number of anilines is 1. The Morgan fingerprint density at radius 1 is 0.875 bits per heavy atom. The molecule has 0 aliphatic carbocycles. The van der Waals surface area contributed by atoms with Crippen LogP contribution < -0.4 is 9.62 Å². The maximum Gasteiger partial charge on any atom is 0.264 e. The van der Waals surface area contributed by atoms with Gasteiger partial charge in [0.1, 0.15) is 18.4 Å². The van der Waals surface area contributed by atoms with Crippen LogP contribution in [-0.2, 0) is 32.6 Å². The molecule has 0 bridgehead atoms. The standard InChI is InChI=1S/C31H38FN3O4S/c1-4-7-21-33-31(37)29(6-3)34(22-25-13-17-26(32)18-14-25)30(36)23-35(27-19-15-24(5-2)16-20-27)40(38,39)28-11-9-8-10-12-28/h8-20,29H,4-7,21-23H2,1-3H3,(H,33,37)/t29-/m1/s1. The van der Waals surface area contributed by atoms with Gasteiger partial charge < -0.3 is 10.2 Å².